The molecule has 1 heterocycles. The minimum Gasteiger partial charge on any atom is -0.447 e. The van der Waals surface area contributed by atoms with Gasteiger partial charge in [-0.05, 0) is 18.6 Å². The number of anilines is 1. The number of aryl methyl sites for hydroxylation is 1. The monoisotopic (exact) mass is 277 g/mol. The standard InChI is InChI=1S/C12H15N5O3/c1-2-6-16-8-9(7-14-16)20-11-5-3-4-10(15-13)12(11)17(18)19/h3-5,7-8,15H,2,6,13H2,1H3. The highest BCUT2D eigenvalue weighted by Gasteiger charge is 2.21. The topological polar surface area (TPSA) is 108 Å². The Balaban J connectivity index is 2.30. The summed E-state index contributed by atoms with van der Waals surface area (Å²) in [6.07, 6.45) is 4.14. The van der Waals surface area contributed by atoms with Gasteiger partial charge in [0.15, 0.2) is 5.75 Å². The number of nitrogens with two attached hydrogens (primary N) is 1. The molecule has 0 radical (unpaired) electrons. The Kier molecular flexibility index (Phi) is 4.16. The molecule has 0 aliphatic heterocycles. The van der Waals surface area contributed by atoms with Crippen LogP contribution in [0, 0.1) is 10.1 Å². The number of nitrogens with zero attached hydrogens (tertiary/aromatic N) is 3. The average molecular weight is 277 g/mol. The Hall–Kier alpha value is -2.61. The maximum absolute atomic E-state index is 11.1. The Bertz CT molecular complexity index is 611. The number of rotatable bonds is 6. The van der Waals surface area contributed by atoms with Crippen LogP contribution in [0.4, 0.5) is 11.4 Å². The quantitative estimate of drug-likeness (QED) is 0.476. The van der Waals surface area contributed by atoms with Gasteiger partial charge in [0.25, 0.3) is 0 Å². The average Bonchev–Trinajstić information content (AvgIpc) is 2.86. The fraction of sp³-hybridized carbons (Fsp3) is 0.250. The van der Waals surface area contributed by atoms with E-state index in [9.17, 15) is 10.1 Å². The van der Waals surface area contributed by atoms with E-state index in [-0.39, 0.29) is 17.1 Å². The summed E-state index contributed by atoms with van der Waals surface area (Å²) in [5, 5.41) is 15.2. The van der Waals surface area contributed by atoms with Crippen LogP contribution in [0.25, 0.3) is 0 Å². The Morgan fingerprint density at radius 1 is 1.55 bits per heavy atom. The van der Waals surface area contributed by atoms with Gasteiger partial charge in [-0.3, -0.25) is 20.6 Å². The number of hydrogen-bond donors (Lipinski definition) is 2. The second-order valence-electron chi connectivity index (χ2n) is 4.09. The second-order valence-corrected chi connectivity index (χ2v) is 4.09. The summed E-state index contributed by atoms with van der Waals surface area (Å²) in [5.74, 6) is 5.82. The van der Waals surface area contributed by atoms with E-state index in [1.54, 1.807) is 16.9 Å². The predicted molar refractivity (Wildman–Crippen MR) is 73.5 cm³/mol. The first-order valence-corrected chi connectivity index (χ1v) is 6.10. The molecule has 0 atom stereocenters. The van der Waals surface area contributed by atoms with Crippen LogP contribution >= 0.6 is 0 Å². The summed E-state index contributed by atoms with van der Waals surface area (Å²) in [4.78, 5) is 10.6. The van der Waals surface area contributed by atoms with E-state index < -0.39 is 4.92 Å². The van der Waals surface area contributed by atoms with E-state index in [1.165, 1.54) is 18.3 Å². The van der Waals surface area contributed by atoms with Gasteiger partial charge in [-0.15, -0.1) is 0 Å². The van der Waals surface area contributed by atoms with E-state index in [0.717, 1.165) is 13.0 Å². The number of nitro groups is 1. The SMILES string of the molecule is CCCn1cc(Oc2cccc(NN)c2[N+](=O)[O-])cn1. The van der Waals surface area contributed by atoms with Gasteiger partial charge in [-0.2, -0.15) is 5.10 Å². The Morgan fingerprint density at radius 2 is 2.35 bits per heavy atom. The number of benzene rings is 1. The largest absolute Gasteiger partial charge is 0.447 e. The number of hydrogen-bond acceptors (Lipinski definition) is 6. The number of nitrogens with one attached hydrogen (secondary N) is 1. The molecule has 1 aromatic carbocycles. The lowest BCUT2D eigenvalue weighted by Crippen LogP contribution is -2.09. The number of aromatic nitrogens is 2. The van der Waals surface area contributed by atoms with Crippen LogP contribution in [0.5, 0.6) is 11.5 Å². The third kappa shape index (κ3) is 2.86. The van der Waals surface area contributed by atoms with Crippen LogP contribution in [-0.2, 0) is 6.54 Å². The summed E-state index contributed by atoms with van der Waals surface area (Å²) in [7, 11) is 0. The number of ether oxygens (including phenoxy) is 1. The molecule has 3 N–H and O–H groups in total. The lowest BCUT2D eigenvalue weighted by Gasteiger charge is -2.07. The molecule has 20 heavy (non-hydrogen) atoms. The molecule has 106 valence electrons. The number of hydrazine groups is 1. The molecule has 8 heteroatoms. The van der Waals surface area contributed by atoms with Crippen molar-refractivity contribution in [3.63, 3.8) is 0 Å². The second kappa shape index (κ2) is 6.02. The summed E-state index contributed by atoms with van der Waals surface area (Å²) in [6.45, 7) is 2.79. The lowest BCUT2D eigenvalue weighted by atomic mass is 10.2. The van der Waals surface area contributed by atoms with Gasteiger partial charge in [0, 0.05) is 6.54 Å². The van der Waals surface area contributed by atoms with Gasteiger partial charge < -0.3 is 10.2 Å². The summed E-state index contributed by atoms with van der Waals surface area (Å²) in [6, 6.07) is 4.63. The van der Waals surface area contributed by atoms with Crippen molar-refractivity contribution in [2.24, 2.45) is 5.84 Å². The first-order chi connectivity index (χ1) is 9.65. The highest BCUT2D eigenvalue weighted by Crippen LogP contribution is 2.36. The van der Waals surface area contributed by atoms with Gasteiger partial charge in [-0.1, -0.05) is 13.0 Å². The van der Waals surface area contributed by atoms with Crippen molar-refractivity contribution in [3.8, 4) is 11.5 Å². The molecular formula is C12H15N5O3. The molecule has 1 aromatic heterocycles. The normalized spacial score (nSPS) is 10.3. The minimum atomic E-state index is -0.541. The molecule has 0 saturated heterocycles. The van der Waals surface area contributed by atoms with E-state index in [0.29, 0.717) is 5.75 Å². The molecule has 2 rings (SSSR count). The van der Waals surface area contributed by atoms with Crippen LogP contribution < -0.4 is 16.0 Å². The molecule has 8 nitrogen and oxygen atoms in total. The van der Waals surface area contributed by atoms with Crippen molar-refractivity contribution in [3.05, 3.63) is 40.7 Å². The molecule has 0 fully saturated rings. The Morgan fingerprint density at radius 3 is 3.00 bits per heavy atom. The smallest absolute Gasteiger partial charge is 0.335 e. The molecule has 0 saturated carbocycles. The van der Waals surface area contributed by atoms with Gasteiger partial charge in [0.2, 0.25) is 5.75 Å². The molecule has 0 bridgehead atoms. The van der Waals surface area contributed by atoms with Crippen molar-refractivity contribution >= 4 is 11.4 Å². The maximum atomic E-state index is 11.1. The number of nitrogen functional groups attached to an aromatic ring is 1. The molecule has 0 spiro atoms. The van der Waals surface area contributed by atoms with E-state index in [4.69, 9.17) is 10.6 Å². The van der Waals surface area contributed by atoms with E-state index in [2.05, 4.69) is 10.5 Å². The molecule has 0 aliphatic rings. The van der Waals surface area contributed by atoms with E-state index in [1.807, 2.05) is 6.92 Å². The fourth-order valence-electron chi connectivity index (χ4n) is 1.79. The van der Waals surface area contributed by atoms with Crippen molar-refractivity contribution in [1.82, 2.24) is 9.78 Å². The zero-order valence-electron chi connectivity index (χ0n) is 10.9. The van der Waals surface area contributed by atoms with Crippen molar-refractivity contribution in [2.45, 2.75) is 19.9 Å². The van der Waals surface area contributed by atoms with Crippen LogP contribution in [-0.4, -0.2) is 14.7 Å². The highest BCUT2D eigenvalue weighted by atomic mass is 16.6. The minimum absolute atomic E-state index is 0.112. The van der Waals surface area contributed by atoms with Gasteiger partial charge in [0.05, 0.1) is 17.3 Å². The number of nitro benzene ring substituents is 1. The summed E-state index contributed by atoms with van der Waals surface area (Å²) < 4.78 is 7.23. The van der Waals surface area contributed by atoms with Gasteiger partial charge in [0.1, 0.15) is 5.69 Å². The molecular weight excluding hydrogens is 262 g/mol. The van der Waals surface area contributed by atoms with Crippen LogP contribution in [0.15, 0.2) is 30.6 Å². The van der Waals surface area contributed by atoms with Gasteiger partial charge in [-0.25, -0.2) is 0 Å². The highest BCUT2D eigenvalue weighted by molar-refractivity contribution is 5.68. The molecule has 0 amide bonds. The van der Waals surface area contributed by atoms with Crippen molar-refractivity contribution < 1.29 is 9.66 Å². The summed E-state index contributed by atoms with van der Waals surface area (Å²) >= 11 is 0. The molecule has 0 unspecified atom stereocenters. The lowest BCUT2D eigenvalue weighted by molar-refractivity contribution is -0.384. The van der Waals surface area contributed by atoms with Crippen LogP contribution in [0.3, 0.4) is 0 Å². The van der Waals surface area contributed by atoms with Gasteiger partial charge >= 0.3 is 5.69 Å². The van der Waals surface area contributed by atoms with Crippen molar-refractivity contribution in [2.75, 3.05) is 5.43 Å². The zero-order valence-corrected chi connectivity index (χ0v) is 10.9. The molecule has 0 aliphatic carbocycles. The predicted octanol–water partition coefficient (Wildman–Crippen LogP) is 2.28. The Labute approximate surface area is 115 Å². The molecule has 2 aromatic rings. The maximum Gasteiger partial charge on any atom is 0.335 e. The zero-order chi connectivity index (χ0) is 14.5. The first-order valence-electron chi connectivity index (χ1n) is 6.10. The fourth-order valence-corrected chi connectivity index (χ4v) is 1.79. The van der Waals surface area contributed by atoms with Crippen molar-refractivity contribution in [1.29, 1.82) is 0 Å². The van der Waals surface area contributed by atoms with Crippen LogP contribution in [0.1, 0.15) is 13.3 Å². The van der Waals surface area contributed by atoms with Crippen LogP contribution in [0.2, 0.25) is 0 Å². The third-order valence-electron chi connectivity index (χ3n) is 2.63. The van der Waals surface area contributed by atoms with E-state index >= 15 is 0 Å². The number of para-hydroxylation sites is 1. The summed E-state index contributed by atoms with van der Waals surface area (Å²) in [5.41, 5.74) is 2.26. The third-order valence-corrected chi connectivity index (χ3v) is 2.63. The first kappa shape index (κ1) is 13.8.